The fourth-order valence-corrected chi connectivity index (χ4v) is 2.28. The Morgan fingerprint density at radius 1 is 1.21 bits per heavy atom. The van der Waals surface area contributed by atoms with Crippen LogP contribution >= 0.6 is 0 Å². The van der Waals surface area contributed by atoms with Gasteiger partial charge in [0, 0.05) is 30.4 Å². The Balaban J connectivity index is 2.16. The lowest BCUT2D eigenvalue weighted by atomic mass is 10.0. The predicted molar refractivity (Wildman–Crippen MR) is 74.1 cm³/mol. The van der Waals surface area contributed by atoms with Gasteiger partial charge in [0.15, 0.2) is 0 Å². The number of nitrogens with two attached hydrogens (primary N) is 1. The summed E-state index contributed by atoms with van der Waals surface area (Å²) in [6.45, 7) is 0. The maximum Gasteiger partial charge on any atom is 0.0920 e. The summed E-state index contributed by atoms with van der Waals surface area (Å²) in [6.07, 6.45) is 3.69. The van der Waals surface area contributed by atoms with E-state index in [2.05, 4.69) is 15.5 Å². The van der Waals surface area contributed by atoms with E-state index in [-0.39, 0.29) is 6.04 Å². The maximum absolute atomic E-state index is 5.71. The molecule has 2 aromatic heterocycles. The van der Waals surface area contributed by atoms with Crippen LogP contribution < -0.4 is 11.3 Å². The zero-order valence-corrected chi connectivity index (χ0v) is 10.6. The molecule has 2 heterocycles. The van der Waals surface area contributed by atoms with Crippen molar-refractivity contribution in [2.45, 2.75) is 6.04 Å². The van der Waals surface area contributed by atoms with Crippen molar-refractivity contribution in [3.05, 3.63) is 60.0 Å². The number of hydrazine groups is 1. The van der Waals surface area contributed by atoms with Crippen molar-refractivity contribution in [3.8, 4) is 0 Å². The number of benzene rings is 1. The van der Waals surface area contributed by atoms with E-state index in [0.29, 0.717) is 0 Å². The van der Waals surface area contributed by atoms with Gasteiger partial charge in [0.1, 0.15) is 0 Å². The molecule has 3 rings (SSSR count). The van der Waals surface area contributed by atoms with Crippen LogP contribution in [0.4, 0.5) is 0 Å². The van der Waals surface area contributed by atoms with E-state index in [1.807, 2.05) is 49.6 Å². The average molecular weight is 253 g/mol. The lowest BCUT2D eigenvalue weighted by Gasteiger charge is -2.15. The third-order valence-corrected chi connectivity index (χ3v) is 3.17. The molecule has 0 amide bonds. The first-order chi connectivity index (χ1) is 9.29. The minimum atomic E-state index is -0.167. The maximum atomic E-state index is 5.71. The zero-order chi connectivity index (χ0) is 13.2. The van der Waals surface area contributed by atoms with Gasteiger partial charge >= 0.3 is 0 Å². The number of rotatable bonds is 3. The second kappa shape index (κ2) is 4.79. The van der Waals surface area contributed by atoms with Crippen molar-refractivity contribution in [3.63, 3.8) is 0 Å². The number of hydrogen-bond acceptors (Lipinski definition) is 4. The van der Waals surface area contributed by atoms with Gasteiger partial charge in [-0.15, -0.1) is 0 Å². The second-order valence-corrected chi connectivity index (χ2v) is 4.44. The van der Waals surface area contributed by atoms with Crippen molar-refractivity contribution >= 4 is 10.9 Å². The van der Waals surface area contributed by atoms with Crippen LogP contribution in [0.1, 0.15) is 17.3 Å². The number of hydrogen-bond donors (Lipinski definition) is 2. The summed E-state index contributed by atoms with van der Waals surface area (Å²) in [5.74, 6) is 5.71. The number of aryl methyl sites for hydroxylation is 1. The Morgan fingerprint density at radius 2 is 2.05 bits per heavy atom. The lowest BCUT2D eigenvalue weighted by molar-refractivity contribution is 0.606. The molecule has 1 atom stereocenters. The van der Waals surface area contributed by atoms with Crippen molar-refractivity contribution in [2.75, 3.05) is 0 Å². The average Bonchev–Trinajstić information content (AvgIpc) is 2.86. The Morgan fingerprint density at radius 3 is 2.79 bits per heavy atom. The molecule has 0 saturated carbocycles. The molecule has 0 fully saturated rings. The SMILES string of the molecule is Cn1ccc(C(NN)c2cccc3cccnc23)n1. The predicted octanol–water partition coefficient (Wildman–Crippen LogP) is 1.52. The number of para-hydroxylation sites is 1. The summed E-state index contributed by atoms with van der Waals surface area (Å²) in [5.41, 5.74) is 5.67. The zero-order valence-electron chi connectivity index (χ0n) is 10.6. The molecule has 0 bridgehead atoms. The van der Waals surface area contributed by atoms with Crippen LogP contribution in [0.15, 0.2) is 48.8 Å². The molecule has 0 aliphatic heterocycles. The van der Waals surface area contributed by atoms with Gasteiger partial charge in [0.05, 0.1) is 17.3 Å². The number of nitrogens with zero attached hydrogens (tertiary/aromatic N) is 3. The molecule has 0 aliphatic carbocycles. The quantitative estimate of drug-likeness (QED) is 0.548. The lowest BCUT2D eigenvalue weighted by Crippen LogP contribution is -2.29. The van der Waals surface area contributed by atoms with Crippen LogP contribution in [0.2, 0.25) is 0 Å². The molecule has 1 unspecified atom stereocenters. The number of nitrogens with one attached hydrogen (secondary N) is 1. The van der Waals surface area contributed by atoms with Crippen LogP contribution in [0, 0.1) is 0 Å². The molecule has 0 spiro atoms. The van der Waals surface area contributed by atoms with Gasteiger partial charge < -0.3 is 0 Å². The highest BCUT2D eigenvalue weighted by molar-refractivity contribution is 5.82. The van der Waals surface area contributed by atoms with Gasteiger partial charge in [-0.25, -0.2) is 5.43 Å². The van der Waals surface area contributed by atoms with E-state index >= 15 is 0 Å². The monoisotopic (exact) mass is 253 g/mol. The molecule has 19 heavy (non-hydrogen) atoms. The standard InChI is InChI=1S/C14H15N5/c1-19-9-7-12(18-19)14(17-15)11-6-2-4-10-5-3-8-16-13(10)11/h2-9,14,17H,15H2,1H3. The fraction of sp³-hybridized carbons (Fsp3) is 0.143. The summed E-state index contributed by atoms with van der Waals surface area (Å²) < 4.78 is 1.76. The van der Waals surface area contributed by atoms with E-state index in [4.69, 9.17) is 5.84 Å². The molecule has 3 aromatic rings. The molecule has 96 valence electrons. The number of aromatic nitrogens is 3. The van der Waals surface area contributed by atoms with E-state index in [1.54, 1.807) is 10.9 Å². The molecular formula is C14H15N5. The smallest absolute Gasteiger partial charge is 0.0920 e. The van der Waals surface area contributed by atoms with Gasteiger partial charge in [-0.1, -0.05) is 24.3 Å². The number of pyridine rings is 1. The van der Waals surface area contributed by atoms with Crippen LogP contribution in [0.3, 0.4) is 0 Å². The Bertz CT molecular complexity index is 698. The van der Waals surface area contributed by atoms with E-state index in [1.165, 1.54) is 0 Å². The topological polar surface area (TPSA) is 68.8 Å². The first kappa shape index (κ1) is 11.8. The Labute approximate surface area is 111 Å². The highest BCUT2D eigenvalue weighted by Gasteiger charge is 2.17. The van der Waals surface area contributed by atoms with E-state index in [9.17, 15) is 0 Å². The molecule has 0 radical (unpaired) electrons. The molecular weight excluding hydrogens is 238 g/mol. The van der Waals surface area contributed by atoms with E-state index < -0.39 is 0 Å². The molecule has 3 N–H and O–H groups in total. The number of fused-ring (bicyclic) bond motifs is 1. The molecule has 0 aliphatic rings. The van der Waals surface area contributed by atoms with Crippen LogP contribution in [-0.2, 0) is 7.05 Å². The second-order valence-electron chi connectivity index (χ2n) is 4.44. The van der Waals surface area contributed by atoms with Crippen LogP contribution in [-0.4, -0.2) is 14.8 Å². The Hall–Kier alpha value is -2.24. The summed E-state index contributed by atoms with van der Waals surface area (Å²) in [6, 6.07) is 11.8. The minimum absolute atomic E-state index is 0.167. The third-order valence-electron chi connectivity index (χ3n) is 3.17. The molecule has 1 aromatic carbocycles. The highest BCUT2D eigenvalue weighted by atomic mass is 15.3. The summed E-state index contributed by atoms with van der Waals surface area (Å²) in [7, 11) is 1.89. The third kappa shape index (κ3) is 2.09. The Kier molecular flexibility index (Phi) is 2.98. The van der Waals surface area contributed by atoms with Crippen molar-refractivity contribution in [1.29, 1.82) is 0 Å². The van der Waals surface area contributed by atoms with Gasteiger partial charge in [-0.05, 0) is 12.1 Å². The molecule has 5 nitrogen and oxygen atoms in total. The molecule has 5 heteroatoms. The minimum Gasteiger partial charge on any atom is -0.275 e. The highest BCUT2D eigenvalue weighted by Crippen LogP contribution is 2.25. The largest absolute Gasteiger partial charge is 0.275 e. The van der Waals surface area contributed by atoms with Crippen LogP contribution in [0.5, 0.6) is 0 Å². The fourth-order valence-electron chi connectivity index (χ4n) is 2.28. The van der Waals surface area contributed by atoms with Gasteiger partial charge in [0.25, 0.3) is 0 Å². The van der Waals surface area contributed by atoms with Gasteiger partial charge in [-0.2, -0.15) is 5.10 Å². The summed E-state index contributed by atoms with van der Waals surface area (Å²) >= 11 is 0. The first-order valence-corrected chi connectivity index (χ1v) is 6.09. The molecule has 0 saturated heterocycles. The van der Waals surface area contributed by atoms with Crippen molar-refractivity contribution < 1.29 is 0 Å². The van der Waals surface area contributed by atoms with Gasteiger partial charge in [0.2, 0.25) is 0 Å². The van der Waals surface area contributed by atoms with Crippen molar-refractivity contribution in [1.82, 2.24) is 20.2 Å². The normalized spacial score (nSPS) is 12.7. The van der Waals surface area contributed by atoms with Crippen molar-refractivity contribution in [2.24, 2.45) is 12.9 Å². The van der Waals surface area contributed by atoms with Gasteiger partial charge in [-0.3, -0.25) is 15.5 Å². The first-order valence-electron chi connectivity index (χ1n) is 6.09. The van der Waals surface area contributed by atoms with Crippen LogP contribution in [0.25, 0.3) is 10.9 Å². The summed E-state index contributed by atoms with van der Waals surface area (Å²) in [4.78, 5) is 4.45. The summed E-state index contributed by atoms with van der Waals surface area (Å²) in [5, 5.41) is 5.51. The van der Waals surface area contributed by atoms with E-state index in [0.717, 1.165) is 22.2 Å².